The Bertz CT molecular complexity index is 247. The molecule has 0 spiro atoms. The van der Waals surface area contributed by atoms with Gasteiger partial charge < -0.3 is 10.0 Å². The summed E-state index contributed by atoms with van der Waals surface area (Å²) in [6.45, 7) is 4.48. The number of aliphatic carboxylic acids is 1. The highest BCUT2D eigenvalue weighted by atomic mass is 16.4. The zero-order chi connectivity index (χ0) is 12.1. The monoisotopic (exact) mass is 227 g/mol. The Morgan fingerprint density at radius 3 is 2.38 bits per heavy atom. The molecule has 1 atom stereocenters. The molecule has 1 fully saturated rings. The lowest BCUT2D eigenvalue weighted by Crippen LogP contribution is -2.46. The number of rotatable bonds is 5. The predicted molar refractivity (Wildman–Crippen MR) is 61.0 cm³/mol. The minimum Gasteiger partial charge on any atom is -0.480 e. The Morgan fingerprint density at radius 1 is 1.44 bits per heavy atom. The van der Waals surface area contributed by atoms with Crippen molar-refractivity contribution in [3.63, 3.8) is 0 Å². The van der Waals surface area contributed by atoms with Gasteiger partial charge in [-0.3, -0.25) is 4.79 Å². The average molecular weight is 227 g/mol. The van der Waals surface area contributed by atoms with Gasteiger partial charge in [-0.25, -0.2) is 4.79 Å². The van der Waals surface area contributed by atoms with Gasteiger partial charge in [0.05, 0.1) is 0 Å². The molecule has 1 unspecified atom stereocenters. The zero-order valence-corrected chi connectivity index (χ0v) is 10.1. The lowest BCUT2D eigenvalue weighted by Gasteiger charge is -2.35. The molecule has 1 aliphatic carbocycles. The second kappa shape index (κ2) is 5.87. The molecule has 1 rings (SSSR count). The van der Waals surface area contributed by atoms with Gasteiger partial charge >= 0.3 is 5.97 Å². The van der Waals surface area contributed by atoms with Crippen LogP contribution in [0, 0.1) is 11.8 Å². The topological polar surface area (TPSA) is 57.6 Å². The van der Waals surface area contributed by atoms with Crippen LogP contribution in [0.15, 0.2) is 0 Å². The number of likely N-dealkylation sites (N-methyl/N-ethyl adjacent to an activating group) is 1. The molecule has 1 N–H and O–H groups in total. The molecule has 0 aromatic heterocycles. The summed E-state index contributed by atoms with van der Waals surface area (Å²) in [6, 6.07) is -0.630. The summed E-state index contributed by atoms with van der Waals surface area (Å²) in [5.41, 5.74) is 0. The largest absolute Gasteiger partial charge is 0.480 e. The van der Waals surface area contributed by atoms with E-state index in [4.69, 9.17) is 0 Å². The van der Waals surface area contributed by atoms with Crippen LogP contribution in [0.4, 0.5) is 0 Å². The molecule has 16 heavy (non-hydrogen) atoms. The van der Waals surface area contributed by atoms with Crippen LogP contribution in [-0.4, -0.2) is 35.0 Å². The van der Waals surface area contributed by atoms with Crippen molar-refractivity contribution in [2.45, 2.75) is 45.6 Å². The first kappa shape index (κ1) is 13.0. The van der Waals surface area contributed by atoms with Crippen LogP contribution >= 0.6 is 0 Å². The Hall–Kier alpha value is -1.06. The van der Waals surface area contributed by atoms with Crippen LogP contribution in [0.5, 0.6) is 0 Å². The minimum atomic E-state index is -0.867. The van der Waals surface area contributed by atoms with Crippen molar-refractivity contribution >= 4 is 12.4 Å². The van der Waals surface area contributed by atoms with Crippen molar-refractivity contribution in [2.75, 3.05) is 6.54 Å². The van der Waals surface area contributed by atoms with Crippen molar-refractivity contribution in [1.29, 1.82) is 0 Å². The van der Waals surface area contributed by atoms with Gasteiger partial charge in [-0.1, -0.05) is 19.8 Å². The Morgan fingerprint density at radius 2 is 2.00 bits per heavy atom. The third-order valence-corrected chi connectivity index (χ3v) is 3.62. The van der Waals surface area contributed by atoms with Crippen LogP contribution in [0.25, 0.3) is 0 Å². The van der Waals surface area contributed by atoms with Crippen LogP contribution in [0.2, 0.25) is 0 Å². The first-order valence-electron chi connectivity index (χ1n) is 6.04. The second-order valence-electron chi connectivity index (χ2n) is 4.74. The summed E-state index contributed by atoms with van der Waals surface area (Å²) >= 11 is 0. The molecule has 4 heteroatoms. The first-order valence-corrected chi connectivity index (χ1v) is 6.04. The van der Waals surface area contributed by atoms with Crippen molar-refractivity contribution in [3.05, 3.63) is 0 Å². The van der Waals surface area contributed by atoms with E-state index in [9.17, 15) is 14.7 Å². The Labute approximate surface area is 96.6 Å². The quantitative estimate of drug-likeness (QED) is 0.728. The third kappa shape index (κ3) is 2.97. The van der Waals surface area contributed by atoms with Crippen LogP contribution in [-0.2, 0) is 9.59 Å². The SMILES string of the molecule is CCN(C=O)C(C(=O)O)C1CCC(C)CC1. The molecule has 0 radical (unpaired) electrons. The van der Waals surface area contributed by atoms with Gasteiger partial charge in [0.15, 0.2) is 0 Å². The van der Waals surface area contributed by atoms with E-state index in [1.165, 1.54) is 4.90 Å². The summed E-state index contributed by atoms with van der Waals surface area (Å²) in [4.78, 5) is 23.5. The number of hydrogen-bond donors (Lipinski definition) is 1. The molecule has 92 valence electrons. The average Bonchev–Trinajstić information content (AvgIpc) is 2.27. The number of nitrogens with zero attached hydrogens (tertiary/aromatic N) is 1. The molecule has 0 saturated heterocycles. The van der Waals surface area contributed by atoms with Crippen molar-refractivity contribution in [3.8, 4) is 0 Å². The maximum absolute atomic E-state index is 11.2. The normalized spacial score (nSPS) is 27.1. The summed E-state index contributed by atoms with van der Waals surface area (Å²) < 4.78 is 0. The molecular weight excluding hydrogens is 206 g/mol. The highest BCUT2D eigenvalue weighted by molar-refractivity contribution is 5.76. The minimum absolute atomic E-state index is 0.124. The Kier molecular flexibility index (Phi) is 4.77. The van der Waals surface area contributed by atoms with E-state index in [-0.39, 0.29) is 5.92 Å². The highest BCUT2D eigenvalue weighted by Gasteiger charge is 2.34. The van der Waals surface area contributed by atoms with Gasteiger partial charge in [-0.2, -0.15) is 0 Å². The van der Waals surface area contributed by atoms with Gasteiger partial charge in [0.2, 0.25) is 6.41 Å². The second-order valence-corrected chi connectivity index (χ2v) is 4.74. The number of hydrogen-bond acceptors (Lipinski definition) is 2. The maximum Gasteiger partial charge on any atom is 0.326 e. The fraction of sp³-hybridized carbons (Fsp3) is 0.833. The zero-order valence-electron chi connectivity index (χ0n) is 10.1. The van der Waals surface area contributed by atoms with Gasteiger partial charge in [-0.15, -0.1) is 0 Å². The molecule has 0 aromatic carbocycles. The predicted octanol–water partition coefficient (Wildman–Crippen LogP) is 1.74. The van der Waals surface area contributed by atoms with Crippen LogP contribution in [0.1, 0.15) is 39.5 Å². The van der Waals surface area contributed by atoms with E-state index in [1.54, 1.807) is 0 Å². The standard InChI is InChI=1S/C12H21NO3/c1-3-13(8-14)11(12(15)16)10-6-4-9(2)5-7-10/h8-11H,3-7H2,1-2H3,(H,15,16). The molecule has 0 bridgehead atoms. The summed E-state index contributed by atoms with van der Waals surface area (Å²) in [7, 11) is 0. The molecular formula is C12H21NO3. The number of carbonyl (C=O) groups is 2. The van der Waals surface area contributed by atoms with E-state index >= 15 is 0 Å². The molecule has 0 aliphatic heterocycles. The van der Waals surface area contributed by atoms with E-state index in [1.807, 2.05) is 6.92 Å². The Balaban J connectivity index is 2.69. The van der Waals surface area contributed by atoms with E-state index in [2.05, 4.69) is 6.92 Å². The van der Waals surface area contributed by atoms with Crippen molar-refractivity contribution < 1.29 is 14.7 Å². The van der Waals surface area contributed by atoms with E-state index in [0.717, 1.165) is 25.7 Å². The molecule has 0 aromatic rings. The summed E-state index contributed by atoms with van der Waals surface area (Å²) in [6.07, 6.45) is 4.65. The molecule has 1 saturated carbocycles. The highest BCUT2D eigenvalue weighted by Crippen LogP contribution is 2.32. The third-order valence-electron chi connectivity index (χ3n) is 3.62. The fourth-order valence-corrected chi connectivity index (χ4v) is 2.55. The molecule has 1 aliphatic rings. The molecule has 4 nitrogen and oxygen atoms in total. The summed E-state index contributed by atoms with van der Waals surface area (Å²) in [5.74, 6) is -0.0515. The van der Waals surface area contributed by atoms with Crippen molar-refractivity contribution in [1.82, 2.24) is 4.90 Å². The number of carboxylic acids is 1. The number of amides is 1. The van der Waals surface area contributed by atoms with Crippen LogP contribution in [0.3, 0.4) is 0 Å². The first-order chi connectivity index (χ1) is 7.60. The maximum atomic E-state index is 11.2. The van der Waals surface area contributed by atoms with Crippen molar-refractivity contribution in [2.24, 2.45) is 11.8 Å². The number of carbonyl (C=O) groups excluding carboxylic acids is 1. The van der Waals surface area contributed by atoms with Crippen LogP contribution < -0.4 is 0 Å². The van der Waals surface area contributed by atoms with E-state index < -0.39 is 12.0 Å². The van der Waals surface area contributed by atoms with Gasteiger partial charge in [-0.05, 0) is 31.6 Å². The fourth-order valence-electron chi connectivity index (χ4n) is 2.55. The van der Waals surface area contributed by atoms with E-state index in [0.29, 0.717) is 18.9 Å². The summed E-state index contributed by atoms with van der Waals surface area (Å²) in [5, 5.41) is 9.22. The smallest absolute Gasteiger partial charge is 0.326 e. The van der Waals surface area contributed by atoms with Gasteiger partial charge in [0.1, 0.15) is 6.04 Å². The number of carboxylic acid groups (broad SMARTS) is 1. The lowest BCUT2D eigenvalue weighted by atomic mass is 9.79. The van der Waals surface area contributed by atoms with Gasteiger partial charge in [0, 0.05) is 6.54 Å². The molecule has 1 amide bonds. The lowest BCUT2D eigenvalue weighted by molar-refractivity contribution is -0.149. The van der Waals surface area contributed by atoms with Gasteiger partial charge in [0.25, 0.3) is 0 Å². The molecule has 0 heterocycles.